The van der Waals surface area contributed by atoms with Crippen LogP contribution < -0.4 is 11.1 Å². The van der Waals surface area contributed by atoms with Gasteiger partial charge in [-0.05, 0) is 26.0 Å². The van der Waals surface area contributed by atoms with E-state index in [2.05, 4.69) is 5.32 Å². The second-order valence-corrected chi connectivity index (χ2v) is 6.28. The summed E-state index contributed by atoms with van der Waals surface area (Å²) in [6.07, 6.45) is 3.87. The number of thioether (sulfide) groups is 1. The molecule has 19 heavy (non-hydrogen) atoms. The van der Waals surface area contributed by atoms with E-state index in [4.69, 9.17) is 10.5 Å². The predicted octanol–water partition coefficient (Wildman–Crippen LogP) is 2.12. The molecule has 1 aromatic heterocycles. The first kappa shape index (κ1) is 14.2. The Labute approximate surface area is 119 Å². The van der Waals surface area contributed by atoms with Crippen molar-refractivity contribution in [2.24, 2.45) is 0 Å². The Balaban J connectivity index is 2.29. The highest BCUT2D eigenvalue weighted by atomic mass is 32.2. The zero-order valence-electron chi connectivity index (χ0n) is 10.8. The van der Waals surface area contributed by atoms with Gasteiger partial charge in [0.25, 0.3) is 5.91 Å². The molecule has 1 fully saturated rings. The smallest absolute Gasteiger partial charge is 0.342 e. The molecule has 1 aliphatic rings. The van der Waals surface area contributed by atoms with Gasteiger partial charge in [-0.25, -0.2) is 4.79 Å². The van der Waals surface area contributed by atoms with Gasteiger partial charge in [-0.1, -0.05) is 0 Å². The van der Waals surface area contributed by atoms with Crippen molar-refractivity contribution in [2.75, 3.05) is 18.6 Å². The highest BCUT2D eigenvalue weighted by Crippen LogP contribution is 2.38. The van der Waals surface area contributed by atoms with E-state index < -0.39 is 5.97 Å². The SMILES string of the molecule is CCOC(=O)c1c(SC)sc(C(=O)NC2CC2)c1N. The highest BCUT2D eigenvalue weighted by Gasteiger charge is 2.29. The van der Waals surface area contributed by atoms with Gasteiger partial charge in [0.2, 0.25) is 0 Å². The minimum absolute atomic E-state index is 0.198. The van der Waals surface area contributed by atoms with Crippen LogP contribution in [0.25, 0.3) is 0 Å². The van der Waals surface area contributed by atoms with Crippen LogP contribution in [0, 0.1) is 0 Å². The van der Waals surface area contributed by atoms with Gasteiger partial charge in [-0.15, -0.1) is 23.1 Å². The molecule has 0 aliphatic heterocycles. The number of ether oxygens (including phenoxy) is 1. The number of hydrogen-bond donors (Lipinski definition) is 2. The van der Waals surface area contributed by atoms with Gasteiger partial charge in [0.05, 0.1) is 16.5 Å². The van der Waals surface area contributed by atoms with Crippen LogP contribution in [0.2, 0.25) is 0 Å². The fourth-order valence-corrected chi connectivity index (χ4v) is 3.43. The van der Waals surface area contributed by atoms with Crippen LogP contribution in [0.15, 0.2) is 4.21 Å². The van der Waals surface area contributed by atoms with Gasteiger partial charge in [-0.3, -0.25) is 4.79 Å². The summed E-state index contributed by atoms with van der Waals surface area (Å²) in [6, 6.07) is 0.262. The van der Waals surface area contributed by atoms with Crippen molar-refractivity contribution in [1.82, 2.24) is 5.32 Å². The van der Waals surface area contributed by atoms with E-state index in [-0.39, 0.29) is 24.2 Å². The Bertz CT molecular complexity index is 509. The summed E-state index contributed by atoms with van der Waals surface area (Å²) in [4.78, 5) is 24.3. The number of esters is 1. The number of amides is 1. The Morgan fingerprint density at radius 1 is 1.53 bits per heavy atom. The zero-order chi connectivity index (χ0) is 14.0. The maximum atomic E-state index is 12.0. The monoisotopic (exact) mass is 300 g/mol. The Hall–Kier alpha value is -1.21. The normalized spacial score (nSPS) is 14.2. The average molecular weight is 300 g/mol. The summed E-state index contributed by atoms with van der Waals surface area (Å²) < 4.78 is 5.70. The quantitative estimate of drug-likeness (QED) is 0.643. The topological polar surface area (TPSA) is 81.4 Å². The molecule has 2 rings (SSSR count). The molecule has 0 bridgehead atoms. The van der Waals surface area contributed by atoms with E-state index in [9.17, 15) is 9.59 Å². The maximum Gasteiger partial charge on any atom is 0.342 e. The molecule has 7 heteroatoms. The molecule has 0 unspecified atom stereocenters. The van der Waals surface area contributed by atoms with Gasteiger partial charge < -0.3 is 15.8 Å². The molecule has 1 amide bonds. The Morgan fingerprint density at radius 2 is 2.21 bits per heavy atom. The minimum Gasteiger partial charge on any atom is -0.462 e. The van der Waals surface area contributed by atoms with Crippen molar-refractivity contribution in [3.63, 3.8) is 0 Å². The second kappa shape index (κ2) is 5.83. The molecule has 1 aliphatic carbocycles. The fraction of sp³-hybridized carbons (Fsp3) is 0.500. The zero-order valence-corrected chi connectivity index (χ0v) is 12.5. The van der Waals surface area contributed by atoms with E-state index in [0.717, 1.165) is 17.1 Å². The molecule has 0 radical (unpaired) electrons. The Morgan fingerprint density at radius 3 is 2.74 bits per heavy atom. The molecule has 0 aromatic carbocycles. The third kappa shape index (κ3) is 3.03. The van der Waals surface area contributed by atoms with Crippen molar-refractivity contribution in [1.29, 1.82) is 0 Å². The number of hydrogen-bond acceptors (Lipinski definition) is 6. The lowest BCUT2D eigenvalue weighted by molar-refractivity contribution is 0.0524. The van der Waals surface area contributed by atoms with Gasteiger partial charge in [0, 0.05) is 6.04 Å². The first-order chi connectivity index (χ1) is 9.08. The predicted molar refractivity (Wildman–Crippen MR) is 77.0 cm³/mol. The third-order valence-electron chi connectivity index (χ3n) is 2.70. The van der Waals surface area contributed by atoms with Crippen LogP contribution in [-0.4, -0.2) is 30.8 Å². The first-order valence-electron chi connectivity index (χ1n) is 6.02. The van der Waals surface area contributed by atoms with Crippen molar-refractivity contribution in [3.05, 3.63) is 10.4 Å². The molecular formula is C12H16N2O3S2. The highest BCUT2D eigenvalue weighted by molar-refractivity contribution is 8.00. The standard InChI is InChI=1S/C12H16N2O3S2/c1-3-17-11(16)7-8(13)9(19-12(7)18-2)10(15)14-6-4-5-6/h6H,3-5,13H2,1-2H3,(H,14,15). The van der Waals surface area contributed by atoms with Crippen molar-refractivity contribution in [3.8, 4) is 0 Å². The van der Waals surface area contributed by atoms with E-state index in [1.807, 2.05) is 6.26 Å². The van der Waals surface area contributed by atoms with Gasteiger partial charge in [0.1, 0.15) is 10.4 Å². The lowest BCUT2D eigenvalue weighted by atomic mass is 10.2. The van der Waals surface area contributed by atoms with Crippen LogP contribution in [0.1, 0.15) is 39.8 Å². The van der Waals surface area contributed by atoms with Crippen LogP contribution >= 0.6 is 23.1 Å². The molecule has 5 nitrogen and oxygen atoms in total. The number of anilines is 1. The molecular weight excluding hydrogens is 284 g/mol. The lowest BCUT2D eigenvalue weighted by Gasteiger charge is -2.04. The largest absolute Gasteiger partial charge is 0.462 e. The van der Waals surface area contributed by atoms with E-state index >= 15 is 0 Å². The summed E-state index contributed by atoms with van der Waals surface area (Å²) in [6.45, 7) is 2.02. The van der Waals surface area contributed by atoms with Crippen LogP contribution in [0.5, 0.6) is 0 Å². The average Bonchev–Trinajstić information content (AvgIpc) is 3.11. The molecule has 104 valence electrons. The van der Waals surface area contributed by atoms with Crippen LogP contribution in [0.3, 0.4) is 0 Å². The third-order valence-corrected chi connectivity index (χ3v) is 5.02. The van der Waals surface area contributed by atoms with E-state index in [0.29, 0.717) is 10.4 Å². The molecule has 0 atom stereocenters. The number of nitrogen functional groups attached to an aromatic ring is 1. The fourth-order valence-electron chi connectivity index (χ4n) is 1.61. The van der Waals surface area contributed by atoms with Crippen molar-refractivity contribution >= 4 is 40.7 Å². The number of nitrogens with one attached hydrogen (secondary N) is 1. The number of rotatable bonds is 5. The molecule has 1 heterocycles. The molecule has 3 N–H and O–H groups in total. The first-order valence-corrected chi connectivity index (χ1v) is 8.06. The van der Waals surface area contributed by atoms with Gasteiger partial charge >= 0.3 is 5.97 Å². The minimum atomic E-state index is -0.467. The maximum absolute atomic E-state index is 12.0. The lowest BCUT2D eigenvalue weighted by Crippen LogP contribution is -2.25. The number of carbonyl (C=O) groups is 2. The number of thiophene rings is 1. The van der Waals surface area contributed by atoms with E-state index in [1.54, 1.807) is 6.92 Å². The van der Waals surface area contributed by atoms with Crippen LogP contribution in [0.4, 0.5) is 5.69 Å². The van der Waals surface area contributed by atoms with Crippen molar-refractivity contribution < 1.29 is 14.3 Å². The van der Waals surface area contributed by atoms with E-state index in [1.165, 1.54) is 23.1 Å². The van der Waals surface area contributed by atoms with Crippen LogP contribution in [-0.2, 0) is 4.74 Å². The molecule has 0 saturated heterocycles. The number of carbonyl (C=O) groups excluding carboxylic acids is 2. The Kier molecular flexibility index (Phi) is 4.36. The number of nitrogens with two attached hydrogens (primary N) is 1. The molecule has 1 saturated carbocycles. The summed E-state index contributed by atoms with van der Waals surface area (Å²) >= 11 is 2.64. The summed E-state index contributed by atoms with van der Waals surface area (Å²) in [5.41, 5.74) is 6.49. The molecule has 0 spiro atoms. The summed E-state index contributed by atoms with van der Waals surface area (Å²) in [5, 5.41) is 2.88. The van der Waals surface area contributed by atoms with Gasteiger partial charge in [0.15, 0.2) is 0 Å². The van der Waals surface area contributed by atoms with Gasteiger partial charge in [-0.2, -0.15) is 0 Å². The molecule has 1 aromatic rings. The second-order valence-electron chi connectivity index (χ2n) is 4.18. The van der Waals surface area contributed by atoms with Crippen molar-refractivity contribution in [2.45, 2.75) is 30.0 Å². The summed E-state index contributed by atoms with van der Waals surface area (Å²) in [7, 11) is 0. The summed E-state index contributed by atoms with van der Waals surface area (Å²) in [5.74, 6) is -0.665.